The molecular formula is C37H61N5O5S. The van der Waals surface area contributed by atoms with Crippen LogP contribution in [-0.4, -0.2) is 91.5 Å². The molecule has 0 bridgehead atoms. The number of hydrogen-bond donors (Lipinski definition) is 2. The topological polar surface area (TPSA) is 113 Å². The minimum atomic E-state index is -0.372. The Kier molecular flexibility index (Phi) is 19.4. The lowest BCUT2D eigenvalue weighted by Gasteiger charge is -2.36. The van der Waals surface area contributed by atoms with Crippen molar-refractivity contribution in [2.45, 2.75) is 111 Å². The molecule has 1 aromatic carbocycles. The molecule has 11 heteroatoms. The first-order valence-electron chi connectivity index (χ1n) is 17.8. The fourth-order valence-corrected chi connectivity index (χ4v) is 6.56. The van der Waals surface area contributed by atoms with Crippen molar-refractivity contribution in [3.8, 4) is 5.75 Å². The minimum absolute atomic E-state index is 0.0237. The zero-order chi connectivity index (χ0) is 35.5. The Morgan fingerprint density at radius 3 is 2.31 bits per heavy atom. The van der Waals surface area contributed by atoms with Gasteiger partial charge in [0.25, 0.3) is 5.91 Å². The first-order chi connectivity index (χ1) is 23.1. The molecule has 0 radical (unpaired) electrons. The number of nitrogens with zero attached hydrogens (tertiary/aromatic N) is 3. The summed E-state index contributed by atoms with van der Waals surface area (Å²) in [6.07, 6.45) is 6.41. The van der Waals surface area contributed by atoms with Gasteiger partial charge in [-0.15, -0.1) is 11.3 Å². The summed E-state index contributed by atoms with van der Waals surface area (Å²) in [7, 11) is 3.57. The predicted molar refractivity (Wildman–Crippen MR) is 195 cm³/mol. The summed E-state index contributed by atoms with van der Waals surface area (Å²) < 4.78 is 11.6. The highest BCUT2D eigenvalue weighted by Gasteiger charge is 2.31. The summed E-state index contributed by atoms with van der Waals surface area (Å²) in [6, 6.07) is 7.78. The summed E-state index contributed by atoms with van der Waals surface area (Å²) in [5, 5.41) is 8.57. The number of unbranched alkanes of at least 4 members (excludes halogenated alkanes) is 1. The van der Waals surface area contributed by atoms with Crippen molar-refractivity contribution < 1.29 is 23.9 Å². The van der Waals surface area contributed by atoms with Crippen molar-refractivity contribution >= 4 is 29.1 Å². The predicted octanol–water partition coefficient (Wildman–Crippen LogP) is 6.26. The highest BCUT2D eigenvalue weighted by atomic mass is 32.1. The van der Waals surface area contributed by atoms with Crippen LogP contribution in [0.5, 0.6) is 5.75 Å². The number of likely N-dealkylation sites (N-methyl/N-ethyl adjacent to an activating group) is 1. The summed E-state index contributed by atoms with van der Waals surface area (Å²) >= 11 is 1.42. The van der Waals surface area contributed by atoms with Crippen LogP contribution in [0.1, 0.15) is 114 Å². The molecule has 3 amide bonds. The maximum Gasteiger partial charge on any atom is 0.270 e. The van der Waals surface area contributed by atoms with Gasteiger partial charge < -0.3 is 25.0 Å². The molecule has 3 atom stereocenters. The number of carbonyl (C=O) groups excluding carboxylic acids is 3. The van der Waals surface area contributed by atoms with Crippen LogP contribution in [0, 0.1) is 5.92 Å². The van der Waals surface area contributed by atoms with Crippen molar-refractivity contribution in [3.63, 3.8) is 0 Å². The number of carbonyl (C=O) groups is 3. The molecule has 0 saturated carbocycles. The first kappa shape index (κ1) is 41.2. The van der Waals surface area contributed by atoms with Crippen LogP contribution in [0.15, 0.2) is 29.6 Å². The Bertz CT molecular complexity index is 1220. The zero-order valence-electron chi connectivity index (χ0n) is 30.7. The Hall–Kier alpha value is -3.02. The number of amides is 3. The van der Waals surface area contributed by atoms with Crippen molar-refractivity contribution in [2.75, 3.05) is 46.9 Å². The molecule has 48 heavy (non-hydrogen) atoms. The van der Waals surface area contributed by atoms with E-state index in [1.165, 1.54) is 11.3 Å². The van der Waals surface area contributed by atoms with Gasteiger partial charge in [0.05, 0.1) is 20.2 Å². The van der Waals surface area contributed by atoms with Gasteiger partial charge in [-0.2, -0.15) is 0 Å². The van der Waals surface area contributed by atoms with Gasteiger partial charge in [0.2, 0.25) is 11.8 Å². The maximum absolute atomic E-state index is 13.6. The number of hydrogen-bond acceptors (Lipinski definition) is 8. The lowest BCUT2D eigenvalue weighted by atomic mass is 9.95. The van der Waals surface area contributed by atoms with E-state index in [2.05, 4.69) is 52.2 Å². The van der Waals surface area contributed by atoms with E-state index in [0.29, 0.717) is 25.3 Å². The molecular weight excluding hydrogens is 627 g/mol. The van der Waals surface area contributed by atoms with Crippen LogP contribution >= 0.6 is 11.3 Å². The van der Waals surface area contributed by atoms with E-state index in [4.69, 9.17) is 14.5 Å². The van der Waals surface area contributed by atoms with Crippen molar-refractivity contribution in [3.05, 3.63) is 45.9 Å². The van der Waals surface area contributed by atoms with Gasteiger partial charge in [-0.3, -0.25) is 19.3 Å². The quantitative estimate of drug-likeness (QED) is 0.134. The van der Waals surface area contributed by atoms with Crippen LogP contribution < -0.4 is 15.4 Å². The Morgan fingerprint density at radius 2 is 1.71 bits per heavy atom. The lowest BCUT2D eigenvalue weighted by molar-refractivity contribution is -0.136. The molecule has 0 aliphatic carbocycles. The lowest BCUT2D eigenvalue weighted by Crippen LogP contribution is -2.49. The molecule has 1 heterocycles. The molecule has 1 aromatic heterocycles. The molecule has 10 nitrogen and oxygen atoms in total. The van der Waals surface area contributed by atoms with Crippen LogP contribution in [0.3, 0.4) is 0 Å². The number of rotatable bonds is 24. The van der Waals surface area contributed by atoms with Crippen LogP contribution in [0.2, 0.25) is 0 Å². The van der Waals surface area contributed by atoms with Crippen molar-refractivity contribution in [2.24, 2.45) is 5.92 Å². The van der Waals surface area contributed by atoms with E-state index in [9.17, 15) is 14.4 Å². The standard InChI is InChI=1S/C37H61N5O5S/c1-9-13-20-41(7)25-34(43)38-24-35(44)42(19-11-3)32(27(5)6)23-33(47-21-12-4)37-40-31(26-48-37)36(45)39-29(14-10-2)22-28-15-17-30(46-8)18-16-28/h15-18,26-27,29,32-33H,9-14,19-25H2,1-8H3,(H,38,43)(H,39,45). The van der Waals surface area contributed by atoms with E-state index in [1.54, 1.807) is 12.5 Å². The molecule has 0 aliphatic heterocycles. The van der Waals surface area contributed by atoms with Crippen LogP contribution in [-0.2, 0) is 20.7 Å². The second-order valence-corrected chi connectivity index (χ2v) is 13.8. The van der Waals surface area contributed by atoms with Crippen LogP contribution in [0.25, 0.3) is 0 Å². The van der Waals surface area contributed by atoms with Crippen LogP contribution in [0.4, 0.5) is 0 Å². The third-order valence-corrected chi connectivity index (χ3v) is 9.26. The zero-order valence-corrected chi connectivity index (χ0v) is 31.5. The van der Waals surface area contributed by atoms with Crippen molar-refractivity contribution in [1.82, 2.24) is 25.4 Å². The average Bonchev–Trinajstić information content (AvgIpc) is 3.56. The van der Waals surface area contributed by atoms with E-state index >= 15 is 0 Å². The van der Waals surface area contributed by atoms with Gasteiger partial charge in [-0.05, 0) is 69.3 Å². The molecule has 0 spiro atoms. The number of thiazole rings is 1. The molecule has 0 saturated heterocycles. The van der Waals surface area contributed by atoms with Gasteiger partial charge >= 0.3 is 0 Å². The highest BCUT2D eigenvalue weighted by Crippen LogP contribution is 2.31. The Balaban J connectivity index is 2.17. The molecule has 270 valence electrons. The minimum Gasteiger partial charge on any atom is -0.497 e. The number of methoxy groups -OCH3 is 1. The van der Waals surface area contributed by atoms with E-state index in [0.717, 1.165) is 67.8 Å². The maximum atomic E-state index is 13.6. The molecule has 3 unspecified atom stereocenters. The number of nitrogens with one attached hydrogen (secondary N) is 2. The largest absolute Gasteiger partial charge is 0.497 e. The fourth-order valence-electron chi connectivity index (χ4n) is 5.70. The molecule has 2 aromatic rings. The Morgan fingerprint density at radius 1 is 0.979 bits per heavy atom. The monoisotopic (exact) mass is 687 g/mol. The summed E-state index contributed by atoms with van der Waals surface area (Å²) in [4.78, 5) is 48.2. The van der Waals surface area contributed by atoms with Crippen molar-refractivity contribution in [1.29, 1.82) is 0 Å². The Labute approximate surface area is 293 Å². The third kappa shape index (κ3) is 14.2. The average molecular weight is 688 g/mol. The molecule has 0 aliphatic rings. The van der Waals surface area contributed by atoms with E-state index < -0.39 is 0 Å². The summed E-state index contributed by atoms with van der Waals surface area (Å²) in [6.45, 7) is 14.8. The van der Waals surface area contributed by atoms with Gasteiger partial charge in [-0.25, -0.2) is 4.98 Å². The van der Waals surface area contributed by atoms with Gasteiger partial charge in [0.1, 0.15) is 22.6 Å². The fraction of sp³-hybridized carbons (Fsp3) is 0.676. The second kappa shape index (κ2) is 22.6. The molecule has 0 fully saturated rings. The number of benzene rings is 1. The normalized spacial score (nSPS) is 13.3. The first-order valence-corrected chi connectivity index (χ1v) is 18.7. The van der Waals surface area contributed by atoms with Gasteiger partial charge in [0.15, 0.2) is 0 Å². The summed E-state index contributed by atoms with van der Waals surface area (Å²) in [5.41, 5.74) is 1.51. The molecule has 2 rings (SSSR count). The van der Waals surface area contributed by atoms with E-state index in [-0.39, 0.29) is 54.9 Å². The number of ether oxygens (including phenoxy) is 2. The van der Waals surface area contributed by atoms with Gasteiger partial charge in [0, 0.05) is 37.0 Å². The third-order valence-electron chi connectivity index (χ3n) is 8.32. The van der Waals surface area contributed by atoms with E-state index in [1.807, 2.05) is 41.1 Å². The molecule has 2 N–H and O–H groups in total. The number of aromatic nitrogens is 1. The SMILES string of the molecule is CCCCN(C)CC(=O)NCC(=O)N(CCC)C(CC(OCCC)c1nc(C(=O)NC(CCC)Cc2ccc(OC)cc2)cs1)C(C)C. The highest BCUT2D eigenvalue weighted by molar-refractivity contribution is 7.09. The summed E-state index contributed by atoms with van der Waals surface area (Å²) in [5.74, 6) is 0.493. The van der Waals surface area contributed by atoms with Gasteiger partial charge in [-0.1, -0.05) is 66.5 Å². The smallest absolute Gasteiger partial charge is 0.270 e. The second-order valence-electron chi connectivity index (χ2n) is 12.9.